The van der Waals surface area contributed by atoms with E-state index in [0.717, 1.165) is 50.4 Å². The first-order valence-electron chi connectivity index (χ1n) is 8.40. The van der Waals surface area contributed by atoms with E-state index in [1.807, 2.05) is 25.1 Å². The van der Waals surface area contributed by atoms with E-state index in [4.69, 9.17) is 21.1 Å². The Morgan fingerprint density at radius 3 is 2.71 bits per heavy atom. The van der Waals surface area contributed by atoms with Gasteiger partial charge in [0.1, 0.15) is 16.8 Å². The number of halogens is 1. The second kappa shape index (κ2) is 6.20. The van der Waals surface area contributed by atoms with Gasteiger partial charge in [0.15, 0.2) is 0 Å². The molecule has 3 heterocycles. The molecule has 1 saturated carbocycles. The van der Waals surface area contributed by atoms with Crippen LogP contribution in [0.4, 0.5) is 11.8 Å². The molecule has 2 aliphatic rings. The highest BCUT2D eigenvalue weighted by atomic mass is 35.5. The zero-order valence-corrected chi connectivity index (χ0v) is 14.7. The van der Waals surface area contributed by atoms with Gasteiger partial charge in [-0.3, -0.25) is 0 Å². The Balaban J connectivity index is 1.54. The molecule has 1 unspecified atom stereocenters. The van der Waals surface area contributed by atoms with Crippen LogP contribution < -0.4 is 9.80 Å². The summed E-state index contributed by atoms with van der Waals surface area (Å²) in [6.07, 6.45) is 4.43. The lowest BCUT2D eigenvalue weighted by Gasteiger charge is -2.32. The van der Waals surface area contributed by atoms with E-state index in [-0.39, 0.29) is 5.92 Å². The van der Waals surface area contributed by atoms with E-state index < -0.39 is 0 Å². The largest absolute Gasteiger partial charge is 0.356 e. The number of nitrogens with zero attached hydrogens (tertiary/aromatic N) is 6. The maximum absolute atomic E-state index is 6.21. The van der Waals surface area contributed by atoms with Gasteiger partial charge in [-0.1, -0.05) is 11.6 Å². The summed E-state index contributed by atoms with van der Waals surface area (Å²) in [4.78, 5) is 17.7. The summed E-state index contributed by atoms with van der Waals surface area (Å²) in [6.45, 7) is 1.77. The molecule has 0 radical (unpaired) electrons. The van der Waals surface area contributed by atoms with Crippen LogP contribution in [0.15, 0.2) is 10.6 Å². The van der Waals surface area contributed by atoms with Crippen molar-refractivity contribution in [1.29, 1.82) is 0 Å². The monoisotopic (exact) mass is 348 g/mol. The molecule has 128 valence electrons. The van der Waals surface area contributed by atoms with E-state index in [1.165, 1.54) is 0 Å². The first-order valence-corrected chi connectivity index (χ1v) is 8.78. The van der Waals surface area contributed by atoms with Gasteiger partial charge in [-0.2, -0.15) is 4.98 Å². The van der Waals surface area contributed by atoms with Gasteiger partial charge in [0.25, 0.3) is 5.95 Å². The number of piperidine rings is 1. The average molecular weight is 349 g/mol. The van der Waals surface area contributed by atoms with Crippen LogP contribution in [-0.2, 0) is 0 Å². The van der Waals surface area contributed by atoms with Crippen molar-refractivity contribution in [3.8, 4) is 0 Å². The van der Waals surface area contributed by atoms with Gasteiger partial charge in [0, 0.05) is 39.2 Å². The smallest absolute Gasteiger partial charge is 0.265 e. The van der Waals surface area contributed by atoms with E-state index in [9.17, 15) is 0 Å². The van der Waals surface area contributed by atoms with Crippen LogP contribution in [0.2, 0.25) is 5.15 Å². The molecule has 0 amide bonds. The molecular formula is C16H21ClN6O. The third-order valence-electron chi connectivity index (χ3n) is 4.57. The number of anilines is 2. The molecule has 1 saturated heterocycles. The highest BCUT2D eigenvalue weighted by molar-refractivity contribution is 6.29. The second-order valence-corrected chi connectivity index (χ2v) is 7.18. The molecule has 0 spiro atoms. The Morgan fingerprint density at radius 2 is 2.00 bits per heavy atom. The van der Waals surface area contributed by atoms with Crippen LogP contribution in [0.25, 0.3) is 0 Å². The Kier molecular flexibility index (Phi) is 4.04. The van der Waals surface area contributed by atoms with Crippen LogP contribution in [0, 0.1) is 0 Å². The second-order valence-electron chi connectivity index (χ2n) is 6.79. The molecule has 7 nitrogen and oxygen atoms in total. The highest BCUT2D eigenvalue weighted by Crippen LogP contribution is 2.39. The van der Waals surface area contributed by atoms with Crippen LogP contribution in [0.3, 0.4) is 0 Å². The van der Waals surface area contributed by atoms with E-state index in [2.05, 4.69) is 20.0 Å². The predicted molar refractivity (Wildman–Crippen MR) is 91.8 cm³/mol. The summed E-state index contributed by atoms with van der Waals surface area (Å²) in [7, 11) is 3.81. The van der Waals surface area contributed by atoms with Crippen LogP contribution in [-0.4, -0.2) is 47.3 Å². The maximum atomic E-state index is 6.21. The number of rotatable bonds is 4. The van der Waals surface area contributed by atoms with Gasteiger partial charge in [-0.05, 0) is 30.8 Å². The highest BCUT2D eigenvalue weighted by Gasteiger charge is 2.30. The van der Waals surface area contributed by atoms with E-state index >= 15 is 0 Å². The van der Waals surface area contributed by atoms with Gasteiger partial charge in [0.2, 0.25) is 5.89 Å². The Bertz CT molecular complexity index is 729. The predicted octanol–water partition coefficient (Wildman–Crippen LogP) is 2.84. The summed E-state index contributed by atoms with van der Waals surface area (Å²) >= 11 is 6.21. The average Bonchev–Trinajstić information content (AvgIpc) is 3.31. The molecular weight excluding hydrogens is 328 g/mol. The maximum Gasteiger partial charge on any atom is 0.265 e. The topological polar surface area (TPSA) is 71.2 Å². The van der Waals surface area contributed by atoms with Crippen molar-refractivity contribution >= 4 is 23.4 Å². The summed E-state index contributed by atoms with van der Waals surface area (Å²) in [5.74, 6) is 3.81. The van der Waals surface area contributed by atoms with Crippen LogP contribution >= 0.6 is 11.6 Å². The number of hydrogen-bond acceptors (Lipinski definition) is 7. The molecule has 2 aromatic heterocycles. The van der Waals surface area contributed by atoms with Gasteiger partial charge in [-0.25, -0.2) is 9.97 Å². The van der Waals surface area contributed by atoms with Gasteiger partial charge in [-0.15, -0.1) is 0 Å². The molecule has 0 N–H and O–H groups in total. The Morgan fingerprint density at radius 1 is 1.17 bits per heavy atom. The molecule has 8 heteroatoms. The van der Waals surface area contributed by atoms with Crippen molar-refractivity contribution < 1.29 is 4.52 Å². The summed E-state index contributed by atoms with van der Waals surface area (Å²) < 4.78 is 5.46. The van der Waals surface area contributed by atoms with Crippen LogP contribution in [0.5, 0.6) is 0 Å². The van der Waals surface area contributed by atoms with Crippen molar-refractivity contribution in [2.75, 3.05) is 37.0 Å². The Labute approximate surface area is 146 Å². The van der Waals surface area contributed by atoms with Gasteiger partial charge < -0.3 is 14.3 Å². The molecule has 0 aromatic carbocycles. The zero-order valence-electron chi connectivity index (χ0n) is 13.9. The quantitative estimate of drug-likeness (QED) is 0.786. The molecule has 1 aliphatic heterocycles. The van der Waals surface area contributed by atoms with Crippen LogP contribution in [0.1, 0.15) is 49.2 Å². The first-order chi connectivity index (χ1) is 11.6. The van der Waals surface area contributed by atoms with Gasteiger partial charge >= 0.3 is 0 Å². The lowest BCUT2D eigenvalue weighted by atomic mass is 9.98. The third-order valence-corrected chi connectivity index (χ3v) is 4.76. The minimum atomic E-state index is 0.220. The number of aromatic nitrogens is 4. The van der Waals surface area contributed by atoms with Crippen molar-refractivity contribution in [1.82, 2.24) is 20.1 Å². The Hall–Kier alpha value is -1.89. The molecule has 2 aromatic rings. The fourth-order valence-electron chi connectivity index (χ4n) is 3.07. The third kappa shape index (κ3) is 3.17. The zero-order chi connectivity index (χ0) is 16.7. The fraction of sp³-hybridized carbons (Fsp3) is 0.625. The molecule has 2 fully saturated rings. The number of hydrogen-bond donors (Lipinski definition) is 0. The van der Waals surface area contributed by atoms with Crippen molar-refractivity contribution in [2.45, 2.75) is 37.5 Å². The molecule has 1 atom stereocenters. The summed E-state index contributed by atoms with van der Waals surface area (Å²) in [5.41, 5.74) is 0. The van der Waals surface area contributed by atoms with Crippen molar-refractivity contribution in [3.63, 3.8) is 0 Å². The lowest BCUT2D eigenvalue weighted by Crippen LogP contribution is -2.35. The van der Waals surface area contributed by atoms with Gasteiger partial charge in [0.05, 0.1) is 5.92 Å². The van der Waals surface area contributed by atoms with E-state index in [1.54, 1.807) is 0 Å². The lowest BCUT2D eigenvalue weighted by molar-refractivity contribution is 0.332. The van der Waals surface area contributed by atoms with E-state index in [0.29, 0.717) is 22.9 Å². The minimum Gasteiger partial charge on any atom is -0.356 e. The van der Waals surface area contributed by atoms with Crippen molar-refractivity contribution in [3.05, 3.63) is 22.9 Å². The SMILES string of the molecule is CN(C)c1noc(C2CCCN(c3cc(Cl)nc(C4CC4)n3)C2)n1. The molecule has 0 bridgehead atoms. The minimum absolute atomic E-state index is 0.220. The standard InChI is InChI=1S/C16H21ClN6O/c1-22(2)16-20-15(24-21-16)11-4-3-7-23(9-11)13-8-12(17)18-14(19-13)10-5-6-10/h8,10-11H,3-7,9H2,1-2H3. The molecule has 24 heavy (non-hydrogen) atoms. The fourth-order valence-corrected chi connectivity index (χ4v) is 3.25. The first kappa shape index (κ1) is 15.6. The molecule has 1 aliphatic carbocycles. The van der Waals surface area contributed by atoms with Crippen molar-refractivity contribution in [2.24, 2.45) is 0 Å². The summed E-state index contributed by atoms with van der Waals surface area (Å²) in [5, 5.41) is 4.55. The normalized spacial score (nSPS) is 21.1. The molecule has 4 rings (SSSR count). The summed E-state index contributed by atoms with van der Waals surface area (Å²) in [6, 6.07) is 1.86.